The van der Waals surface area contributed by atoms with E-state index in [-0.39, 0.29) is 18.9 Å². The van der Waals surface area contributed by atoms with Crippen molar-refractivity contribution in [3.63, 3.8) is 0 Å². The highest BCUT2D eigenvalue weighted by atomic mass is 16.4. The zero-order chi connectivity index (χ0) is 13.8. The van der Waals surface area contributed by atoms with Crippen LogP contribution in [0.1, 0.15) is 64.2 Å². The van der Waals surface area contributed by atoms with E-state index in [1.807, 2.05) is 0 Å². The number of aliphatic carboxylic acids is 2. The maximum absolute atomic E-state index is 10.3. The van der Waals surface area contributed by atoms with E-state index in [2.05, 4.69) is 0 Å². The largest absolute Gasteiger partial charge is 0.481 e. The van der Waals surface area contributed by atoms with Crippen molar-refractivity contribution >= 4 is 11.9 Å². The zero-order valence-corrected chi connectivity index (χ0v) is 10.9. The van der Waals surface area contributed by atoms with Crippen molar-refractivity contribution < 1.29 is 19.8 Å². The Bertz CT molecular complexity index is 219. The summed E-state index contributed by atoms with van der Waals surface area (Å²) in [5.74, 6) is -1.48. The molecule has 0 aromatic carbocycles. The average Bonchev–Trinajstić information content (AvgIpc) is 2.27. The lowest BCUT2D eigenvalue weighted by atomic mass is 10.0. The molecule has 4 N–H and O–H groups in total. The smallest absolute Gasteiger partial charge is 0.303 e. The van der Waals surface area contributed by atoms with E-state index in [0.29, 0.717) is 0 Å². The number of unbranched alkanes of at least 4 members (excludes halogenated alkanes) is 4. The standard InChI is InChI=1S/C13H25NO4/c14-11(7-3-1-5-9-12(15)16)8-4-2-6-10-13(17)18/h11H,1-10,14H2,(H,15,16)(H,17,18). The average molecular weight is 259 g/mol. The van der Waals surface area contributed by atoms with Gasteiger partial charge in [0.15, 0.2) is 0 Å². The Morgan fingerprint density at radius 1 is 0.778 bits per heavy atom. The summed E-state index contributed by atoms with van der Waals surface area (Å²) < 4.78 is 0. The van der Waals surface area contributed by atoms with E-state index in [1.165, 1.54) is 0 Å². The van der Waals surface area contributed by atoms with Gasteiger partial charge in [-0.3, -0.25) is 9.59 Å². The van der Waals surface area contributed by atoms with Crippen LogP contribution in [-0.4, -0.2) is 28.2 Å². The predicted octanol–water partition coefficient (Wildman–Crippen LogP) is 2.38. The van der Waals surface area contributed by atoms with Gasteiger partial charge in [-0.2, -0.15) is 0 Å². The summed E-state index contributed by atoms with van der Waals surface area (Å²) in [4.78, 5) is 20.6. The van der Waals surface area contributed by atoms with Gasteiger partial charge in [0.1, 0.15) is 0 Å². The molecule has 5 heteroatoms. The van der Waals surface area contributed by atoms with Crippen LogP contribution < -0.4 is 5.73 Å². The van der Waals surface area contributed by atoms with E-state index in [0.717, 1.165) is 51.4 Å². The third-order valence-electron chi connectivity index (χ3n) is 2.93. The molecule has 0 aliphatic rings. The van der Waals surface area contributed by atoms with Crippen LogP contribution in [0.25, 0.3) is 0 Å². The van der Waals surface area contributed by atoms with Crippen LogP contribution in [-0.2, 0) is 9.59 Å². The van der Waals surface area contributed by atoms with Gasteiger partial charge in [0.2, 0.25) is 0 Å². The summed E-state index contributed by atoms with van der Waals surface area (Å²) in [6, 6.07) is 0.166. The van der Waals surface area contributed by atoms with Crippen LogP contribution in [0, 0.1) is 0 Å². The van der Waals surface area contributed by atoms with E-state index < -0.39 is 11.9 Å². The van der Waals surface area contributed by atoms with Crippen molar-refractivity contribution in [1.29, 1.82) is 0 Å². The summed E-state index contributed by atoms with van der Waals surface area (Å²) in [5, 5.41) is 16.9. The first-order valence-electron chi connectivity index (χ1n) is 6.71. The number of carbonyl (C=O) groups is 2. The number of hydrogen-bond acceptors (Lipinski definition) is 3. The Kier molecular flexibility index (Phi) is 10.3. The van der Waals surface area contributed by atoms with Crippen LogP contribution in [0.15, 0.2) is 0 Å². The van der Waals surface area contributed by atoms with Gasteiger partial charge in [-0.15, -0.1) is 0 Å². The van der Waals surface area contributed by atoms with Crippen molar-refractivity contribution in [2.24, 2.45) is 5.73 Å². The first-order chi connectivity index (χ1) is 8.52. The van der Waals surface area contributed by atoms with Gasteiger partial charge in [-0.1, -0.05) is 25.7 Å². The molecule has 18 heavy (non-hydrogen) atoms. The highest BCUT2D eigenvalue weighted by Crippen LogP contribution is 2.10. The predicted molar refractivity (Wildman–Crippen MR) is 69.4 cm³/mol. The maximum atomic E-state index is 10.3. The molecule has 0 spiro atoms. The second kappa shape index (κ2) is 11.0. The summed E-state index contributed by atoms with van der Waals surface area (Å²) >= 11 is 0. The van der Waals surface area contributed by atoms with Crippen LogP contribution in [0.4, 0.5) is 0 Å². The number of carboxylic acids is 2. The lowest BCUT2D eigenvalue weighted by Gasteiger charge is -2.10. The van der Waals surface area contributed by atoms with Gasteiger partial charge < -0.3 is 15.9 Å². The van der Waals surface area contributed by atoms with Gasteiger partial charge in [-0.05, 0) is 25.7 Å². The fraction of sp³-hybridized carbons (Fsp3) is 0.846. The summed E-state index contributed by atoms with van der Waals surface area (Å²) in [5.41, 5.74) is 5.93. The van der Waals surface area contributed by atoms with Crippen molar-refractivity contribution in [1.82, 2.24) is 0 Å². The Balaban J connectivity index is 3.24. The normalized spacial score (nSPS) is 10.8. The molecular formula is C13H25NO4. The lowest BCUT2D eigenvalue weighted by molar-refractivity contribution is -0.138. The van der Waals surface area contributed by atoms with Crippen molar-refractivity contribution in [3.05, 3.63) is 0 Å². The molecule has 0 atom stereocenters. The SMILES string of the molecule is NC(CCCCCC(=O)O)CCCCCC(=O)O. The molecule has 0 aromatic rings. The lowest BCUT2D eigenvalue weighted by Crippen LogP contribution is -2.19. The molecule has 0 aliphatic heterocycles. The fourth-order valence-corrected chi connectivity index (χ4v) is 1.86. The molecule has 0 rings (SSSR count). The zero-order valence-electron chi connectivity index (χ0n) is 10.9. The Morgan fingerprint density at radius 3 is 1.50 bits per heavy atom. The van der Waals surface area contributed by atoms with Gasteiger partial charge in [0.25, 0.3) is 0 Å². The summed E-state index contributed by atoms with van der Waals surface area (Å²) in [6.07, 6.45) is 7.57. The molecular weight excluding hydrogens is 234 g/mol. The van der Waals surface area contributed by atoms with Gasteiger partial charge >= 0.3 is 11.9 Å². The molecule has 0 saturated heterocycles. The molecule has 0 amide bonds. The summed E-state index contributed by atoms with van der Waals surface area (Å²) in [6.45, 7) is 0. The number of nitrogens with two attached hydrogens (primary N) is 1. The number of carboxylic acid groups (broad SMARTS) is 2. The quantitative estimate of drug-likeness (QED) is 0.467. The van der Waals surface area contributed by atoms with Crippen LogP contribution in [0.2, 0.25) is 0 Å². The molecule has 0 bridgehead atoms. The highest BCUT2D eigenvalue weighted by molar-refractivity contribution is 5.66. The van der Waals surface area contributed by atoms with Crippen molar-refractivity contribution in [2.45, 2.75) is 70.3 Å². The molecule has 0 aliphatic carbocycles. The molecule has 106 valence electrons. The minimum Gasteiger partial charge on any atom is -0.481 e. The van der Waals surface area contributed by atoms with Crippen LogP contribution in [0.3, 0.4) is 0 Å². The van der Waals surface area contributed by atoms with E-state index >= 15 is 0 Å². The van der Waals surface area contributed by atoms with Crippen molar-refractivity contribution in [2.75, 3.05) is 0 Å². The first kappa shape index (κ1) is 16.9. The number of rotatable bonds is 12. The second-order valence-corrected chi connectivity index (χ2v) is 4.75. The minimum atomic E-state index is -0.738. The van der Waals surface area contributed by atoms with E-state index in [9.17, 15) is 9.59 Å². The van der Waals surface area contributed by atoms with Crippen LogP contribution in [0.5, 0.6) is 0 Å². The fourth-order valence-electron chi connectivity index (χ4n) is 1.86. The summed E-state index contributed by atoms with van der Waals surface area (Å²) in [7, 11) is 0. The molecule has 5 nitrogen and oxygen atoms in total. The Hall–Kier alpha value is -1.10. The molecule has 0 radical (unpaired) electrons. The van der Waals surface area contributed by atoms with E-state index in [4.69, 9.17) is 15.9 Å². The minimum absolute atomic E-state index is 0.166. The number of hydrogen-bond donors (Lipinski definition) is 3. The van der Waals surface area contributed by atoms with Gasteiger partial charge in [0.05, 0.1) is 0 Å². The topological polar surface area (TPSA) is 101 Å². The third kappa shape index (κ3) is 13.0. The van der Waals surface area contributed by atoms with E-state index in [1.54, 1.807) is 0 Å². The van der Waals surface area contributed by atoms with Gasteiger partial charge in [-0.25, -0.2) is 0 Å². The second-order valence-electron chi connectivity index (χ2n) is 4.75. The van der Waals surface area contributed by atoms with Gasteiger partial charge in [0, 0.05) is 18.9 Å². The van der Waals surface area contributed by atoms with Crippen LogP contribution >= 0.6 is 0 Å². The molecule has 0 unspecified atom stereocenters. The highest BCUT2D eigenvalue weighted by Gasteiger charge is 2.04. The Labute approximate surface area is 108 Å². The Morgan fingerprint density at radius 2 is 1.17 bits per heavy atom. The van der Waals surface area contributed by atoms with Crippen molar-refractivity contribution in [3.8, 4) is 0 Å². The first-order valence-corrected chi connectivity index (χ1v) is 6.71. The monoisotopic (exact) mass is 259 g/mol. The third-order valence-corrected chi connectivity index (χ3v) is 2.93. The molecule has 0 fully saturated rings. The molecule has 0 aromatic heterocycles. The molecule has 0 heterocycles. The molecule has 0 saturated carbocycles. The maximum Gasteiger partial charge on any atom is 0.303 e.